The van der Waals surface area contributed by atoms with Crippen LogP contribution in [0.4, 0.5) is 0 Å². The van der Waals surface area contributed by atoms with Gasteiger partial charge in [0.25, 0.3) is 0 Å². The Balaban J connectivity index is 1.67. The van der Waals surface area contributed by atoms with Crippen molar-refractivity contribution in [1.29, 1.82) is 0 Å². The molecule has 3 N–H and O–H groups in total. The summed E-state index contributed by atoms with van der Waals surface area (Å²) in [6, 6.07) is 9.56. The second-order valence-electron chi connectivity index (χ2n) is 6.14. The molecule has 1 fully saturated rings. The van der Waals surface area contributed by atoms with Crippen molar-refractivity contribution in [3.8, 4) is 0 Å². The number of carbonyl (C=O) groups excluding carboxylic acids is 1. The van der Waals surface area contributed by atoms with Crippen LogP contribution in [0.1, 0.15) is 37.8 Å². The highest BCUT2D eigenvalue weighted by atomic mass is 16.1. The Kier molecular flexibility index (Phi) is 6.21. The molecule has 1 aliphatic heterocycles. The molecule has 0 bridgehead atoms. The van der Waals surface area contributed by atoms with E-state index in [4.69, 9.17) is 5.73 Å². The van der Waals surface area contributed by atoms with Crippen LogP contribution in [0, 0.1) is 5.92 Å². The van der Waals surface area contributed by atoms with Gasteiger partial charge in [-0.25, -0.2) is 0 Å². The smallest absolute Gasteiger partial charge is 0.221 e. The van der Waals surface area contributed by atoms with Crippen LogP contribution in [0.3, 0.4) is 0 Å². The van der Waals surface area contributed by atoms with Crippen molar-refractivity contribution in [2.24, 2.45) is 11.7 Å². The first-order valence-electron chi connectivity index (χ1n) is 7.94. The maximum atomic E-state index is 12.0. The van der Waals surface area contributed by atoms with E-state index < -0.39 is 0 Å². The molecular weight excluding hydrogens is 262 g/mol. The quantitative estimate of drug-likeness (QED) is 0.806. The van der Waals surface area contributed by atoms with Crippen LogP contribution in [-0.2, 0) is 4.79 Å². The highest BCUT2D eigenvalue weighted by molar-refractivity contribution is 5.76. The molecule has 2 unspecified atom stereocenters. The summed E-state index contributed by atoms with van der Waals surface area (Å²) in [5.74, 6) is 0.527. The molecule has 0 radical (unpaired) electrons. The molecule has 1 amide bonds. The highest BCUT2D eigenvalue weighted by Crippen LogP contribution is 2.13. The van der Waals surface area contributed by atoms with Crippen LogP contribution in [-0.4, -0.2) is 37.0 Å². The summed E-state index contributed by atoms with van der Waals surface area (Å²) in [6.45, 7) is 6.41. The van der Waals surface area contributed by atoms with Gasteiger partial charge >= 0.3 is 0 Å². The second kappa shape index (κ2) is 8.15. The topological polar surface area (TPSA) is 58.4 Å². The number of hydrogen-bond donors (Lipinski definition) is 2. The third kappa shape index (κ3) is 5.48. The van der Waals surface area contributed by atoms with E-state index in [1.165, 1.54) is 25.9 Å². The average Bonchev–Trinajstić information content (AvgIpc) is 2.99. The molecule has 4 nitrogen and oxygen atoms in total. The van der Waals surface area contributed by atoms with E-state index >= 15 is 0 Å². The van der Waals surface area contributed by atoms with E-state index in [-0.39, 0.29) is 11.9 Å². The van der Waals surface area contributed by atoms with Crippen LogP contribution < -0.4 is 11.1 Å². The fourth-order valence-electron chi connectivity index (χ4n) is 2.85. The van der Waals surface area contributed by atoms with E-state index in [2.05, 4.69) is 17.1 Å². The van der Waals surface area contributed by atoms with Gasteiger partial charge in [0.05, 0.1) is 0 Å². The van der Waals surface area contributed by atoms with E-state index in [0.717, 1.165) is 18.7 Å². The zero-order chi connectivity index (χ0) is 15.1. The van der Waals surface area contributed by atoms with Crippen molar-refractivity contribution in [3.63, 3.8) is 0 Å². The van der Waals surface area contributed by atoms with Gasteiger partial charge in [-0.05, 0) is 37.4 Å². The third-order valence-corrected chi connectivity index (χ3v) is 4.05. The summed E-state index contributed by atoms with van der Waals surface area (Å²) < 4.78 is 0. The molecule has 1 saturated heterocycles. The van der Waals surface area contributed by atoms with Crippen molar-refractivity contribution in [3.05, 3.63) is 35.9 Å². The molecule has 1 aliphatic rings. The van der Waals surface area contributed by atoms with Crippen LogP contribution in [0.5, 0.6) is 0 Å². The molecule has 1 aromatic carbocycles. The van der Waals surface area contributed by atoms with Gasteiger partial charge in [-0.3, -0.25) is 4.79 Å². The average molecular weight is 289 g/mol. The molecule has 1 heterocycles. The number of amides is 1. The maximum Gasteiger partial charge on any atom is 0.221 e. The molecule has 2 rings (SSSR count). The van der Waals surface area contributed by atoms with Crippen molar-refractivity contribution in [2.75, 3.05) is 26.2 Å². The number of nitrogens with zero attached hydrogens (tertiary/aromatic N) is 1. The number of nitrogens with two attached hydrogens (primary N) is 1. The zero-order valence-electron chi connectivity index (χ0n) is 12.9. The standard InChI is InChI=1S/C17H27N3O/c1-14(13-20-9-5-6-10-20)12-19-17(21)11-16(18)15-7-3-2-4-8-15/h2-4,7-8,14,16H,5-6,9-13,18H2,1H3,(H,19,21). The van der Waals surface area contributed by atoms with E-state index in [1.54, 1.807) is 0 Å². The summed E-state index contributed by atoms with van der Waals surface area (Å²) in [6.07, 6.45) is 2.97. The molecule has 0 aliphatic carbocycles. The molecule has 0 saturated carbocycles. The number of hydrogen-bond acceptors (Lipinski definition) is 3. The van der Waals surface area contributed by atoms with Gasteiger partial charge in [-0.1, -0.05) is 37.3 Å². The van der Waals surface area contributed by atoms with Gasteiger partial charge in [0.1, 0.15) is 0 Å². The maximum absolute atomic E-state index is 12.0. The predicted molar refractivity (Wildman–Crippen MR) is 85.8 cm³/mol. The first-order chi connectivity index (χ1) is 10.1. The summed E-state index contributed by atoms with van der Waals surface area (Å²) in [7, 11) is 0. The molecule has 0 spiro atoms. The van der Waals surface area contributed by atoms with E-state index in [1.807, 2.05) is 30.3 Å². The van der Waals surface area contributed by atoms with Crippen LogP contribution in [0.25, 0.3) is 0 Å². The minimum atomic E-state index is -0.222. The SMILES string of the molecule is CC(CNC(=O)CC(N)c1ccccc1)CN1CCCC1. The molecule has 1 aromatic rings. The van der Waals surface area contributed by atoms with Crippen LogP contribution in [0.15, 0.2) is 30.3 Å². The fraction of sp³-hybridized carbons (Fsp3) is 0.588. The number of likely N-dealkylation sites (tertiary alicyclic amines) is 1. The monoisotopic (exact) mass is 289 g/mol. The Morgan fingerprint density at radius 1 is 1.29 bits per heavy atom. The first kappa shape index (κ1) is 16.0. The normalized spacial score (nSPS) is 18.4. The minimum absolute atomic E-state index is 0.0413. The Hall–Kier alpha value is -1.39. The Labute approximate surface area is 127 Å². The van der Waals surface area contributed by atoms with E-state index in [9.17, 15) is 4.79 Å². The fourth-order valence-corrected chi connectivity index (χ4v) is 2.85. The lowest BCUT2D eigenvalue weighted by atomic mass is 10.0. The lowest BCUT2D eigenvalue weighted by Gasteiger charge is -2.21. The van der Waals surface area contributed by atoms with Gasteiger partial charge in [0.15, 0.2) is 0 Å². The van der Waals surface area contributed by atoms with Crippen LogP contribution >= 0.6 is 0 Å². The Morgan fingerprint density at radius 2 is 1.95 bits per heavy atom. The molecule has 21 heavy (non-hydrogen) atoms. The Morgan fingerprint density at radius 3 is 2.62 bits per heavy atom. The van der Waals surface area contributed by atoms with Gasteiger partial charge in [-0.15, -0.1) is 0 Å². The number of rotatable bonds is 7. The van der Waals surface area contributed by atoms with Crippen LogP contribution in [0.2, 0.25) is 0 Å². The van der Waals surface area contributed by atoms with Gasteiger partial charge in [-0.2, -0.15) is 0 Å². The van der Waals surface area contributed by atoms with E-state index in [0.29, 0.717) is 12.3 Å². The van der Waals surface area contributed by atoms with Crippen molar-refractivity contribution < 1.29 is 4.79 Å². The second-order valence-corrected chi connectivity index (χ2v) is 6.14. The lowest BCUT2D eigenvalue weighted by Crippen LogP contribution is -2.35. The summed E-state index contributed by atoms with van der Waals surface area (Å²) >= 11 is 0. The molecular formula is C17H27N3O. The van der Waals surface area contributed by atoms with Gasteiger partial charge in [0, 0.05) is 25.6 Å². The zero-order valence-corrected chi connectivity index (χ0v) is 12.9. The van der Waals surface area contributed by atoms with Gasteiger partial charge in [0.2, 0.25) is 5.91 Å². The lowest BCUT2D eigenvalue weighted by molar-refractivity contribution is -0.121. The van der Waals surface area contributed by atoms with Gasteiger partial charge < -0.3 is 16.0 Å². The minimum Gasteiger partial charge on any atom is -0.356 e. The van der Waals surface area contributed by atoms with Crippen molar-refractivity contribution in [2.45, 2.75) is 32.2 Å². The van der Waals surface area contributed by atoms with Crippen molar-refractivity contribution in [1.82, 2.24) is 10.2 Å². The Bertz CT molecular complexity index is 429. The summed E-state index contributed by atoms with van der Waals surface area (Å²) in [5, 5.41) is 3.01. The largest absolute Gasteiger partial charge is 0.356 e. The number of benzene rings is 1. The predicted octanol–water partition coefficient (Wildman–Crippen LogP) is 1.92. The molecule has 116 valence electrons. The summed E-state index contributed by atoms with van der Waals surface area (Å²) in [5.41, 5.74) is 7.08. The molecule has 2 atom stereocenters. The molecule has 4 heteroatoms. The number of nitrogens with one attached hydrogen (secondary N) is 1. The number of carbonyl (C=O) groups is 1. The summed E-state index contributed by atoms with van der Waals surface area (Å²) in [4.78, 5) is 14.4. The third-order valence-electron chi connectivity index (χ3n) is 4.05. The molecule has 0 aromatic heterocycles. The highest BCUT2D eigenvalue weighted by Gasteiger charge is 2.16. The first-order valence-corrected chi connectivity index (χ1v) is 7.94. The van der Waals surface area contributed by atoms with Crippen molar-refractivity contribution >= 4 is 5.91 Å².